The molecule has 110 valence electrons. The standard InChI is InChI=1S/C15H15NO4S/c1-9-8-21-14(16-9)11(15(18)20-3)6-10-4-5-13(19-2)12(17)7-10/h4-8,17H,1-3H3/b11-6-. The zero-order valence-corrected chi connectivity index (χ0v) is 12.7. The van der Waals surface area contributed by atoms with Crippen molar-refractivity contribution in [3.05, 3.63) is 39.8 Å². The molecule has 0 spiro atoms. The molecule has 2 aromatic rings. The van der Waals surface area contributed by atoms with Crippen LogP contribution in [0.5, 0.6) is 11.5 Å². The number of aryl methyl sites for hydroxylation is 1. The zero-order chi connectivity index (χ0) is 15.4. The molecule has 0 saturated carbocycles. The van der Waals surface area contributed by atoms with E-state index < -0.39 is 5.97 Å². The summed E-state index contributed by atoms with van der Waals surface area (Å²) in [6.45, 7) is 1.86. The maximum absolute atomic E-state index is 11.9. The number of esters is 1. The molecule has 0 bridgehead atoms. The molecule has 0 fully saturated rings. The van der Waals surface area contributed by atoms with Gasteiger partial charge in [-0.1, -0.05) is 6.07 Å². The number of ether oxygens (including phenoxy) is 2. The molecule has 2 rings (SSSR count). The molecule has 6 heteroatoms. The van der Waals surface area contributed by atoms with Crippen LogP contribution >= 0.6 is 11.3 Å². The predicted molar refractivity (Wildman–Crippen MR) is 81.4 cm³/mol. The van der Waals surface area contributed by atoms with Crippen molar-refractivity contribution in [1.82, 2.24) is 4.98 Å². The number of hydrogen-bond acceptors (Lipinski definition) is 6. The van der Waals surface area contributed by atoms with Crippen molar-refractivity contribution in [1.29, 1.82) is 0 Å². The van der Waals surface area contributed by atoms with Crippen molar-refractivity contribution >= 4 is 29.0 Å². The first-order valence-corrected chi connectivity index (χ1v) is 7.02. The van der Waals surface area contributed by atoms with E-state index in [4.69, 9.17) is 9.47 Å². The van der Waals surface area contributed by atoms with Crippen LogP contribution in [0.25, 0.3) is 11.6 Å². The van der Waals surface area contributed by atoms with Crippen LogP contribution in [0.1, 0.15) is 16.3 Å². The van der Waals surface area contributed by atoms with E-state index in [9.17, 15) is 9.90 Å². The summed E-state index contributed by atoms with van der Waals surface area (Å²) in [4.78, 5) is 16.2. The lowest BCUT2D eigenvalue weighted by Crippen LogP contribution is -2.03. The fraction of sp³-hybridized carbons (Fsp3) is 0.200. The molecule has 0 atom stereocenters. The van der Waals surface area contributed by atoms with Gasteiger partial charge in [-0.2, -0.15) is 0 Å². The van der Waals surface area contributed by atoms with Gasteiger partial charge >= 0.3 is 5.97 Å². The van der Waals surface area contributed by atoms with Crippen molar-refractivity contribution in [3.8, 4) is 11.5 Å². The van der Waals surface area contributed by atoms with Gasteiger partial charge in [0, 0.05) is 11.1 Å². The highest BCUT2D eigenvalue weighted by molar-refractivity contribution is 7.11. The first-order valence-electron chi connectivity index (χ1n) is 6.14. The Labute approximate surface area is 126 Å². The Morgan fingerprint density at radius 3 is 2.67 bits per heavy atom. The third-order valence-corrected chi connectivity index (χ3v) is 3.76. The van der Waals surface area contributed by atoms with Crippen LogP contribution in [0.3, 0.4) is 0 Å². The van der Waals surface area contributed by atoms with Gasteiger partial charge in [-0.3, -0.25) is 0 Å². The summed E-state index contributed by atoms with van der Waals surface area (Å²) in [6.07, 6.45) is 1.63. The van der Waals surface area contributed by atoms with Crippen LogP contribution in [0, 0.1) is 6.92 Å². The number of methoxy groups -OCH3 is 2. The second-order valence-electron chi connectivity index (χ2n) is 4.27. The van der Waals surface area contributed by atoms with E-state index in [-0.39, 0.29) is 5.75 Å². The highest BCUT2D eigenvalue weighted by Crippen LogP contribution is 2.29. The van der Waals surface area contributed by atoms with E-state index in [2.05, 4.69) is 4.98 Å². The number of rotatable bonds is 4. The number of phenols is 1. The molecular weight excluding hydrogens is 290 g/mol. The first kappa shape index (κ1) is 15.1. The van der Waals surface area contributed by atoms with Gasteiger partial charge < -0.3 is 14.6 Å². The summed E-state index contributed by atoms with van der Waals surface area (Å²) in [5.74, 6) is -0.0951. The fourth-order valence-electron chi connectivity index (χ4n) is 1.76. The molecule has 0 radical (unpaired) electrons. The summed E-state index contributed by atoms with van der Waals surface area (Å²) in [6, 6.07) is 4.88. The van der Waals surface area contributed by atoms with Crippen LogP contribution in [0.4, 0.5) is 0 Å². The lowest BCUT2D eigenvalue weighted by molar-refractivity contribution is -0.133. The van der Waals surface area contributed by atoms with Crippen molar-refractivity contribution in [2.24, 2.45) is 0 Å². The molecule has 1 N–H and O–H groups in total. The van der Waals surface area contributed by atoms with Crippen molar-refractivity contribution in [2.45, 2.75) is 6.92 Å². The van der Waals surface area contributed by atoms with E-state index in [0.717, 1.165) is 5.69 Å². The first-order chi connectivity index (χ1) is 10.0. The molecule has 0 amide bonds. The Kier molecular flexibility index (Phi) is 4.59. The molecule has 0 saturated heterocycles. The largest absolute Gasteiger partial charge is 0.504 e. The number of phenolic OH excluding ortho intramolecular Hbond substituents is 1. The van der Waals surface area contributed by atoms with Gasteiger partial charge in [-0.25, -0.2) is 9.78 Å². The Hall–Kier alpha value is -2.34. The summed E-state index contributed by atoms with van der Waals surface area (Å²) in [5.41, 5.74) is 1.84. The lowest BCUT2D eigenvalue weighted by atomic mass is 10.1. The maximum atomic E-state index is 11.9. The van der Waals surface area contributed by atoms with Crippen LogP contribution in [0.2, 0.25) is 0 Å². The lowest BCUT2D eigenvalue weighted by Gasteiger charge is -2.05. The van der Waals surface area contributed by atoms with Crippen molar-refractivity contribution in [3.63, 3.8) is 0 Å². The number of hydrogen-bond donors (Lipinski definition) is 1. The van der Waals surface area contributed by atoms with E-state index in [1.807, 2.05) is 12.3 Å². The zero-order valence-electron chi connectivity index (χ0n) is 11.9. The topological polar surface area (TPSA) is 68.7 Å². The second kappa shape index (κ2) is 6.41. The normalized spacial score (nSPS) is 11.3. The minimum Gasteiger partial charge on any atom is -0.504 e. The summed E-state index contributed by atoms with van der Waals surface area (Å²) in [7, 11) is 2.80. The smallest absolute Gasteiger partial charge is 0.340 e. The van der Waals surface area contributed by atoms with Gasteiger partial charge in [0.2, 0.25) is 0 Å². The number of carbonyl (C=O) groups excluding carboxylic acids is 1. The Morgan fingerprint density at radius 2 is 2.14 bits per heavy atom. The summed E-state index contributed by atoms with van der Waals surface area (Å²) in [5, 5.41) is 12.2. The SMILES string of the molecule is COC(=O)/C(=C\c1ccc(OC)c(O)c1)c1nc(C)cs1. The third kappa shape index (κ3) is 3.41. The molecule has 0 aliphatic rings. The van der Waals surface area contributed by atoms with E-state index in [1.54, 1.807) is 18.2 Å². The number of thiazole rings is 1. The molecule has 0 aliphatic carbocycles. The second-order valence-corrected chi connectivity index (χ2v) is 5.13. The molecule has 0 unspecified atom stereocenters. The van der Waals surface area contributed by atoms with Crippen LogP contribution in [-0.2, 0) is 9.53 Å². The van der Waals surface area contributed by atoms with E-state index in [0.29, 0.717) is 21.9 Å². The average Bonchev–Trinajstić information content (AvgIpc) is 2.90. The van der Waals surface area contributed by atoms with Gasteiger partial charge in [-0.05, 0) is 30.7 Å². The Bertz CT molecular complexity index is 691. The van der Waals surface area contributed by atoms with Gasteiger partial charge in [0.15, 0.2) is 11.5 Å². The van der Waals surface area contributed by atoms with Crippen LogP contribution in [-0.4, -0.2) is 30.3 Å². The maximum Gasteiger partial charge on any atom is 0.340 e. The fourth-order valence-corrected chi connectivity index (χ4v) is 2.56. The predicted octanol–water partition coefficient (Wildman–Crippen LogP) is 2.88. The van der Waals surface area contributed by atoms with Gasteiger partial charge in [-0.15, -0.1) is 11.3 Å². The monoisotopic (exact) mass is 305 g/mol. The minimum atomic E-state index is -0.473. The minimum absolute atomic E-state index is 0.00536. The highest BCUT2D eigenvalue weighted by atomic mass is 32.1. The summed E-state index contributed by atoms with van der Waals surface area (Å²) < 4.78 is 9.78. The van der Waals surface area contributed by atoms with Gasteiger partial charge in [0.25, 0.3) is 0 Å². The number of carbonyl (C=O) groups is 1. The third-order valence-electron chi connectivity index (χ3n) is 2.77. The van der Waals surface area contributed by atoms with Gasteiger partial charge in [0.1, 0.15) is 5.01 Å². The molecule has 5 nitrogen and oxygen atoms in total. The number of aromatic hydroxyl groups is 1. The molecular formula is C15H15NO4S. The highest BCUT2D eigenvalue weighted by Gasteiger charge is 2.16. The van der Waals surface area contributed by atoms with Crippen molar-refractivity contribution < 1.29 is 19.4 Å². The number of aromatic nitrogens is 1. The van der Waals surface area contributed by atoms with E-state index in [1.165, 1.54) is 31.6 Å². The average molecular weight is 305 g/mol. The molecule has 1 heterocycles. The molecule has 0 aliphatic heterocycles. The molecule has 1 aromatic carbocycles. The number of nitrogens with zero attached hydrogens (tertiary/aromatic N) is 1. The summed E-state index contributed by atoms with van der Waals surface area (Å²) >= 11 is 1.37. The Balaban J connectivity index is 2.45. The quantitative estimate of drug-likeness (QED) is 0.695. The Morgan fingerprint density at radius 1 is 1.38 bits per heavy atom. The number of benzene rings is 1. The van der Waals surface area contributed by atoms with E-state index >= 15 is 0 Å². The van der Waals surface area contributed by atoms with Crippen molar-refractivity contribution in [2.75, 3.05) is 14.2 Å². The van der Waals surface area contributed by atoms with Crippen LogP contribution in [0.15, 0.2) is 23.6 Å². The molecule has 21 heavy (non-hydrogen) atoms. The molecule has 1 aromatic heterocycles. The van der Waals surface area contributed by atoms with Crippen LogP contribution < -0.4 is 4.74 Å². The van der Waals surface area contributed by atoms with Gasteiger partial charge in [0.05, 0.1) is 19.8 Å².